The molecule has 5 aromatic rings. The molecular weight excluding hydrogens is 909 g/mol. The van der Waals surface area contributed by atoms with Gasteiger partial charge in [-0.1, -0.05) is 32.0 Å². The quantitative estimate of drug-likeness (QED) is 0.142. The van der Waals surface area contributed by atoms with E-state index >= 15 is 0 Å². The van der Waals surface area contributed by atoms with E-state index in [0.29, 0.717) is 62.7 Å². The van der Waals surface area contributed by atoms with Gasteiger partial charge in [-0.3, -0.25) is 19.4 Å². The topological polar surface area (TPSA) is 207 Å². The minimum absolute atomic E-state index is 0.00418. The summed E-state index contributed by atoms with van der Waals surface area (Å²) < 4.78 is 13.3. The van der Waals surface area contributed by atoms with E-state index in [1.165, 1.54) is 11.6 Å². The Hall–Kier alpha value is -5.50. The molecule has 3 aromatic heterocycles. The Kier molecular flexibility index (Phi) is 12.7. The van der Waals surface area contributed by atoms with E-state index in [4.69, 9.17) is 25.2 Å². The summed E-state index contributed by atoms with van der Waals surface area (Å²) >= 11 is 1.59. The zero-order valence-corrected chi connectivity index (χ0v) is 41.0. The Morgan fingerprint density at radius 2 is 1.59 bits per heavy atom. The number of phenolic OH excluding ortho intramolecular Hbond substituents is 2. The number of ether oxygens (including phenoxy) is 2. The number of nitrogen functional groups attached to an aromatic ring is 1. The molecule has 2 aromatic carbocycles. The second kappa shape index (κ2) is 18.9. The van der Waals surface area contributed by atoms with E-state index in [9.17, 15) is 24.9 Å². The number of amides is 2. The molecule has 11 rings (SSSR count). The average molecular weight is 973 g/mol. The van der Waals surface area contributed by atoms with Crippen molar-refractivity contribution in [2.75, 3.05) is 82.8 Å². The summed E-state index contributed by atoms with van der Waals surface area (Å²) in [7, 11) is 0. The molecule has 1 spiro atoms. The monoisotopic (exact) mass is 972 g/mol. The van der Waals surface area contributed by atoms with E-state index in [-0.39, 0.29) is 58.3 Å². The van der Waals surface area contributed by atoms with Gasteiger partial charge in [0.2, 0.25) is 11.9 Å². The minimum atomic E-state index is -0.970. The smallest absolute Gasteiger partial charge is 0.258 e. The predicted octanol–water partition coefficient (Wildman–Crippen LogP) is 5.60. The van der Waals surface area contributed by atoms with Gasteiger partial charge in [-0.05, 0) is 98.3 Å². The molecule has 5 fully saturated rings. The predicted molar refractivity (Wildman–Crippen MR) is 265 cm³/mol. The summed E-state index contributed by atoms with van der Waals surface area (Å²) in [4.78, 5) is 57.6. The number of carbonyl (C=O) groups is 2. The summed E-state index contributed by atoms with van der Waals surface area (Å²) in [5.74, 6) is 1.42. The molecule has 5 N–H and O–H groups in total. The molecule has 0 saturated carbocycles. The van der Waals surface area contributed by atoms with Crippen LogP contribution in [0.15, 0.2) is 48.8 Å². The normalized spacial score (nSPS) is 22.1. The van der Waals surface area contributed by atoms with Crippen molar-refractivity contribution in [1.29, 1.82) is 0 Å². The number of phenols is 2. The molecule has 18 heteroatoms. The summed E-state index contributed by atoms with van der Waals surface area (Å²) in [6.07, 6.45) is 8.85. The molecule has 370 valence electrons. The van der Waals surface area contributed by atoms with Gasteiger partial charge in [-0.25, -0.2) is 19.9 Å². The SMILES string of the molecule is CC(C)c1cc(C(=O)N2Cc3ccc(CN4CCC(C(=O)N5CCC6(CC5)CC(N5CCC(O)(c7cc8nc(-c9cnc(N)nc9)nc(N9CCOCC9)c8s7)CC5)CO6)CC4)cc3C2)c(O)cc1O. The van der Waals surface area contributed by atoms with Crippen LogP contribution < -0.4 is 10.6 Å². The maximum absolute atomic E-state index is 13.9. The standard InChI is InChI=1S/C52H64N10O7S/c1-32(2)39-22-40(43(64)24-42(39)63)49(66)62-29-35-4-3-33(21-36(35)30-62)28-58-11-5-34(6-12-58)48(65)61-13-7-51(8-14-61)25-38(31-69-51)59-15-9-52(67,10-16-59)44-23-41-45(70-44)47(60-17-19-68-20-18-60)57-46(56-41)37-26-54-50(53)55-27-37/h3-4,21-24,26-27,32,34,38,63-64,67H,5-20,25,28-31H2,1-2H3,(H2,53,54,55). The highest BCUT2D eigenvalue weighted by Gasteiger charge is 2.47. The van der Waals surface area contributed by atoms with Crippen LogP contribution >= 0.6 is 11.3 Å². The molecular formula is C52H64N10O7S. The largest absolute Gasteiger partial charge is 0.508 e. The van der Waals surface area contributed by atoms with Crippen LogP contribution in [0.1, 0.15) is 102 Å². The summed E-state index contributed by atoms with van der Waals surface area (Å²) in [6.45, 7) is 13.7. The lowest BCUT2D eigenvalue weighted by atomic mass is 9.84. The number of fused-ring (bicyclic) bond motifs is 2. The highest BCUT2D eigenvalue weighted by molar-refractivity contribution is 7.19. The van der Waals surface area contributed by atoms with E-state index in [1.54, 1.807) is 34.7 Å². The van der Waals surface area contributed by atoms with Crippen LogP contribution in [0.4, 0.5) is 11.8 Å². The third kappa shape index (κ3) is 9.18. The van der Waals surface area contributed by atoms with Gasteiger partial charge in [0.1, 0.15) is 17.1 Å². The van der Waals surface area contributed by atoms with Crippen LogP contribution in [0.3, 0.4) is 0 Å². The molecule has 17 nitrogen and oxygen atoms in total. The molecule has 5 saturated heterocycles. The number of hydrogen-bond acceptors (Lipinski definition) is 16. The number of aromatic hydroxyl groups is 2. The lowest BCUT2D eigenvalue weighted by Gasteiger charge is -2.42. The number of benzene rings is 2. The first-order valence-electron chi connectivity index (χ1n) is 25.1. The molecule has 70 heavy (non-hydrogen) atoms. The molecule has 0 bridgehead atoms. The first-order chi connectivity index (χ1) is 33.8. The average Bonchev–Trinajstić information content (AvgIpc) is 4.12. The van der Waals surface area contributed by atoms with E-state index in [2.05, 4.69) is 47.8 Å². The van der Waals surface area contributed by atoms with Gasteiger partial charge in [0.15, 0.2) is 11.6 Å². The first kappa shape index (κ1) is 46.9. The van der Waals surface area contributed by atoms with Crippen LogP contribution in [0.2, 0.25) is 0 Å². The number of rotatable bonds is 9. The van der Waals surface area contributed by atoms with Crippen molar-refractivity contribution in [2.45, 2.75) is 102 Å². The molecule has 6 aliphatic heterocycles. The molecule has 9 heterocycles. The van der Waals surface area contributed by atoms with Crippen LogP contribution in [-0.2, 0) is 39.5 Å². The number of aliphatic hydroxyl groups is 1. The van der Waals surface area contributed by atoms with Gasteiger partial charge in [-0.2, -0.15) is 0 Å². The number of morpholine rings is 1. The van der Waals surface area contributed by atoms with Crippen molar-refractivity contribution in [1.82, 2.24) is 39.5 Å². The minimum Gasteiger partial charge on any atom is -0.508 e. The zero-order valence-electron chi connectivity index (χ0n) is 40.2. The number of carbonyl (C=O) groups excluding carboxylic acids is 2. The number of aromatic nitrogens is 4. The summed E-state index contributed by atoms with van der Waals surface area (Å²) in [6, 6.07) is 11.7. The summed E-state index contributed by atoms with van der Waals surface area (Å²) in [5.41, 5.74) is 10.3. The second-order valence-electron chi connectivity index (χ2n) is 20.8. The van der Waals surface area contributed by atoms with Crippen molar-refractivity contribution in [3.05, 3.63) is 81.5 Å². The van der Waals surface area contributed by atoms with E-state index < -0.39 is 5.60 Å². The van der Waals surface area contributed by atoms with Gasteiger partial charge in [0.05, 0.1) is 46.8 Å². The number of hydrogen-bond donors (Lipinski definition) is 4. The lowest BCUT2D eigenvalue weighted by Crippen LogP contribution is -2.50. The number of nitrogens with zero attached hydrogens (tertiary/aromatic N) is 9. The lowest BCUT2D eigenvalue weighted by molar-refractivity contribution is -0.141. The molecule has 2 amide bonds. The Morgan fingerprint density at radius 3 is 2.31 bits per heavy atom. The fraction of sp³-hybridized carbons (Fsp3) is 0.538. The third-order valence-electron chi connectivity index (χ3n) is 16.0. The van der Waals surface area contributed by atoms with E-state index in [0.717, 1.165) is 123 Å². The van der Waals surface area contributed by atoms with Crippen LogP contribution in [0, 0.1) is 5.92 Å². The first-order valence-corrected chi connectivity index (χ1v) is 25.9. The molecule has 1 atom stereocenters. The second-order valence-corrected chi connectivity index (χ2v) is 21.8. The molecule has 0 radical (unpaired) electrons. The zero-order chi connectivity index (χ0) is 48.3. The van der Waals surface area contributed by atoms with Gasteiger partial charge in [0, 0.05) is 94.2 Å². The van der Waals surface area contributed by atoms with Gasteiger partial charge in [0.25, 0.3) is 5.91 Å². The number of anilines is 2. The number of piperidine rings is 3. The third-order valence-corrected chi connectivity index (χ3v) is 17.3. The van der Waals surface area contributed by atoms with E-state index in [1.807, 2.05) is 19.9 Å². The Balaban J connectivity index is 0.648. The van der Waals surface area contributed by atoms with Crippen molar-refractivity contribution in [3.63, 3.8) is 0 Å². The van der Waals surface area contributed by atoms with Crippen molar-refractivity contribution < 1.29 is 34.4 Å². The maximum Gasteiger partial charge on any atom is 0.258 e. The van der Waals surface area contributed by atoms with Crippen molar-refractivity contribution in [3.8, 4) is 22.9 Å². The number of thiophene rings is 1. The molecule has 6 aliphatic rings. The van der Waals surface area contributed by atoms with Crippen molar-refractivity contribution in [2.24, 2.45) is 5.92 Å². The van der Waals surface area contributed by atoms with Gasteiger partial charge in [-0.15, -0.1) is 11.3 Å². The molecule has 1 unspecified atom stereocenters. The highest BCUT2D eigenvalue weighted by atomic mass is 32.1. The number of likely N-dealkylation sites (tertiary alicyclic amines) is 3. The molecule has 0 aliphatic carbocycles. The van der Waals surface area contributed by atoms with Crippen molar-refractivity contribution >= 4 is 45.1 Å². The van der Waals surface area contributed by atoms with Crippen LogP contribution in [0.25, 0.3) is 21.6 Å². The van der Waals surface area contributed by atoms with Gasteiger partial charge >= 0.3 is 0 Å². The summed E-state index contributed by atoms with van der Waals surface area (Å²) in [5, 5.41) is 33.1. The van der Waals surface area contributed by atoms with Crippen LogP contribution in [0.5, 0.6) is 11.5 Å². The Bertz CT molecular complexity index is 2760. The fourth-order valence-electron chi connectivity index (χ4n) is 11.7. The Labute approximate surface area is 412 Å². The maximum atomic E-state index is 13.9. The fourth-order valence-corrected chi connectivity index (χ4v) is 13.0. The van der Waals surface area contributed by atoms with Crippen LogP contribution in [-0.4, -0.2) is 150 Å². The van der Waals surface area contributed by atoms with Gasteiger partial charge < -0.3 is 45.2 Å². The highest BCUT2D eigenvalue weighted by Crippen LogP contribution is 2.45. The number of nitrogens with two attached hydrogens (primary N) is 1. The Morgan fingerprint density at radius 1 is 0.857 bits per heavy atom.